The summed E-state index contributed by atoms with van der Waals surface area (Å²) in [6, 6.07) is 7.75. The molecule has 0 aromatic heterocycles. The van der Waals surface area contributed by atoms with E-state index in [1.54, 1.807) is 0 Å². The van der Waals surface area contributed by atoms with Crippen molar-refractivity contribution in [3.05, 3.63) is 29.8 Å². The van der Waals surface area contributed by atoms with Crippen molar-refractivity contribution < 1.29 is 9.59 Å². The van der Waals surface area contributed by atoms with Crippen LogP contribution in [0.15, 0.2) is 24.3 Å². The van der Waals surface area contributed by atoms with Crippen LogP contribution in [0.3, 0.4) is 0 Å². The molecule has 1 aliphatic heterocycles. The number of nitrogens with zero attached hydrogens (tertiary/aromatic N) is 2. The van der Waals surface area contributed by atoms with Crippen LogP contribution < -0.4 is 11.1 Å². The van der Waals surface area contributed by atoms with E-state index < -0.39 is 0 Å². The highest BCUT2D eigenvalue weighted by molar-refractivity contribution is 5.93. The summed E-state index contributed by atoms with van der Waals surface area (Å²) in [4.78, 5) is 28.2. The molecule has 0 aliphatic carbocycles. The number of rotatable bonds is 6. The summed E-state index contributed by atoms with van der Waals surface area (Å²) >= 11 is 0. The number of nitrogens with one attached hydrogen (secondary N) is 1. The second-order valence-electron chi connectivity index (χ2n) is 6.40. The molecule has 0 radical (unpaired) electrons. The van der Waals surface area contributed by atoms with Gasteiger partial charge in [-0.05, 0) is 25.0 Å². The van der Waals surface area contributed by atoms with Crippen LogP contribution >= 0.6 is 24.8 Å². The molecule has 8 heteroatoms. The molecular weight excluding hydrogens is 375 g/mol. The molecule has 0 spiro atoms. The van der Waals surface area contributed by atoms with Gasteiger partial charge in [0.05, 0.1) is 6.54 Å². The normalized spacial score (nSPS) is 15.4. The van der Waals surface area contributed by atoms with Crippen molar-refractivity contribution in [1.82, 2.24) is 9.80 Å². The summed E-state index contributed by atoms with van der Waals surface area (Å²) in [6.07, 6.45) is 1.27. The summed E-state index contributed by atoms with van der Waals surface area (Å²) in [5.41, 5.74) is 7.70. The van der Waals surface area contributed by atoms with E-state index in [-0.39, 0.29) is 42.7 Å². The van der Waals surface area contributed by atoms with Crippen molar-refractivity contribution in [1.29, 1.82) is 0 Å². The molecule has 2 amide bonds. The first-order valence-corrected chi connectivity index (χ1v) is 8.63. The van der Waals surface area contributed by atoms with Gasteiger partial charge in [0.2, 0.25) is 11.8 Å². The van der Waals surface area contributed by atoms with Gasteiger partial charge in [0.25, 0.3) is 0 Å². The van der Waals surface area contributed by atoms with Crippen LogP contribution in [0, 0.1) is 0 Å². The van der Waals surface area contributed by atoms with Crippen molar-refractivity contribution >= 4 is 42.3 Å². The number of hydrogen-bond acceptors (Lipinski definition) is 4. The largest absolute Gasteiger partial charge is 0.340 e. The zero-order chi connectivity index (χ0) is 17.5. The highest BCUT2D eigenvalue weighted by Gasteiger charge is 2.22. The molecule has 1 aromatic carbocycles. The van der Waals surface area contributed by atoms with Crippen molar-refractivity contribution in [3.63, 3.8) is 0 Å². The molecule has 6 nitrogen and oxygen atoms in total. The van der Waals surface area contributed by atoms with Crippen LogP contribution in [-0.4, -0.2) is 60.4 Å². The Morgan fingerprint density at radius 3 is 2.35 bits per heavy atom. The number of nitrogens with two attached hydrogens (primary N) is 1. The quantitative estimate of drug-likeness (QED) is 0.758. The van der Waals surface area contributed by atoms with E-state index in [1.807, 2.05) is 36.1 Å². The molecular formula is C18H30Cl2N4O2. The molecule has 1 atom stereocenters. The zero-order valence-corrected chi connectivity index (χ0v) is 17.1. The molecule has 0 saturated carbocycles. The van der Waals surface area contributed by atoms with Crippen molar-refractivity contribution in [2.75, 3.05) is 38.0 Å². The highest BCUT2D eigenvalue weighted by atomic mass is 35.5. The van der Waals surface area contributed by atoms with Crippen LogP contribution in [0.25, 0.3) is 0 Å². The minimum absolute atomic E-state index is 0. The number of carbonyl (C=O) groups is 2. The molecule has 148 valence electrons. The van der Waals surface area contributed by atoms with Gasteiger partial charge in [0, 0.05) is 44.3 Å². The maximum atomic E-state index is 12.3. The maximum absolute atomic E-state index is 12.3. The fourth-order valence-electron chi connectivity index (χ4n) is 2.90. The number of piperazine rings is 1. The number of aryl methyl sites for hydroxylation is 1. The summed E-state index contributed by atoms with van der Waals surface area (Å²) in [5.74, 6) is 0.0947. The fourth-order valence-corrected chi connectivity index (χ4v) is 2.90. The Bertz CT molecular complexity index is 576. The van der Waals surface area contributed by atoms with Crippen LogP contribution in [0.1, 0.15) is 25.8 Å². The average Bonchev–Trinajstić information content (AvgIpc) is 2.55. The van der Waals surface area contributed by atoms with Gasteiger partial charge in [0.1, 0.15) is 0 Å². The molecule has 3 N–H and O–H groups in total. The summed E-state index contributed by atoms with van der Waals surface area (Å²) < 4.78 is 0. The Labute approximate surface area is 168 Å². The third-order valence-electron chi connectivity index (χ3n) is 4.26. The van der Waals surface area contributed by atoms with Crippen LogP contribution in [0.4, 0.5) is 5.69 Å². The van der Waals surface area contributed by atoms with Gasteiger partial charge < -0.3 is 16.0 Å². The summed E-state index contributed by atoms with van der Waals surface area (Å²) in [5, 5.41) is 2.99. The van der Waals surface area contributed by atoms with Crippen molar-refractivity contribution in [3.8, 4) is 0 Å². The molecule has 0 bridgehead atoms. The molecule has 1 saturated heterocycles. The Hall–Kier alpha value is -1.34. The number of benzene rings is 1. The highest BCUT2D eigenvalue weighted by Crippen LogP contribution is 2.15. The maximum Gasteiger partial charge on any atom is 0.238 e. The van der Waals surface area contributed by atoms with Crippen LogP contribution in [-0.2, 0) is 16.0 Å². The molecule has 1 fully saturated rings. The smallest absolute Gasteiger partial charge is 0.238 e. The number of anilines is 1. The summed E-state index contributed by atoms with van der Waals surface area (Å²) in [7, 11) is 0. The topological polar surface area (TPSA) is 78.7 Å². The van der Waals surface area contributed by atoms with Gasteiger partial charge in [-0.25, -0.2) is 0 Å². The number of para-hydroxylation sites is 1. The predicted molar refractivity (Wildman–Crippen MR) is 110 cm³/mol. The Morgan fingerprint density at radius 1 is 1.15 bits per heavy atom. The SMILES string of the molecule is CCc1ccccc1NC(=O)CN1CCN(C(=O)CC(C)N)CC1.Cl.Cl. The van der Waals surface area contributed by atoms with Gasteiger partial charge in [-0.3, -0.25) is 14.5 Å². The molecule has 1 unspecified atom stereocenters. The van der Waals surface area contributed by atoms with E-state index in [4.69, 9.17) is 5.73 Å². The lowest BCUT2D eigenvalue weighted by Crippen LogP contribution is -2.51. The standard InChI is InChI=1S/C18H28N4O2.2ClH/c1-3-15-6-4-5-7-16(15)20-17(23)13-21-8-10-22(11-9-21)18(24)12-14(2)19;;/h4-7,14H,3,8-13,19H2,1-2H3,(H,20,23);2*1H. The first-order valence-electron chi connectivity index (χ1n) is 8.63. The van der Waals surface area contributed by atoms with Crippen molar-refractivity contribution in [2.45, 2.75) is 32.7 Å². The predicted octanol–water partition coefficient (Wildman–Crippen LogP) is 1.91. The Balaban J connectivity index is 0.00000312. The minimum Gasteiger partial charge on any atom is -0.340 e. The van der Waals surface area contributed by atoms with Crippen molar-refractivity contribution in [2.24, 2.45) is 5.73 Å². The molecule has 2 rings (SSSR count). The van der Waals surface area contributed by atoms with E-state index in [0.717, 1.165) is 17.7 Å². The lowest BCUT2D eigenvalue weighted by atomic mass is 10.1. The second kappa shape index (κ2) is 12.1. The number of halogens is 2. The first kappa shape index (κ1) is 24.7. The van der Waals surface area contributed by atoms with E-state index >= 15 is 0 Å². The van der Waals surface area contributed by atoms with Crippen LogP contribution in [0.5, 0.6) is 0 Å². The Morgan fingerprint density at radius 2 is 1.77 bits per heavy atom. The van der Waals surface area contributed by atoms with Crippen LogP contribution in [0.2, 0.25) is 0 Å². The molecule has 1 heterocycles. The summed E-state index contributed by atoms with van der Waals surface area (Å²) in [6.45, 7) is 7.01. The fraction of sp³-hybridized carbons (Fsp3) is 0.556. The number of amides is 2. The second-order valence-corrected chi connectivity index (χ2v) is 6.40. The van der Waals surface area contributed by atoms with E-state index in [9.17, 15) is 9.59 Å². The third-order valence-corrected chi connectivity index (χ3v) is 4.26. The number of hydrogen-bond donors (Lipinski definition) is 2. The van der Waals surface area contributed by atoms with Gasteiger partial charge >= 0.3 is 0 Å². The van der Waals surface area contributed by atoms with Gasteiger partial charge in [0.15, 0.2) is 0 Å². The van der Waals surface area contributed by atoms with Gasteiger partial charge in [-0.15, -0.1) is 24.8 Å². The lowest BCUT2D eigenvalue weighted by Gasteiger charge is -2.34. The lowest BCUT2D eigenvalue weighted by molar-refractivity contribution is -0.133. The van der Waals surface area contributed by atoms with Gasteiger partial charge in [-0.2, -0.15) is 0 Å². The minimum atomic E-state index is -0.111. The monoisotopic (exact) mass is 404 g/mol. The third kappa shape index (κ3) is 7.50. The molecule has 1 aromatic rings. The molecule has 1 aliphatic rings. The van der Waals surface area contributed by atoms with Gasteiger partial charge in [-0.1, -0.05) is 25.1 Å². The zero-order valence-electron chi connectivity index (χ0n) is 15.4. The first-order chi connectivity index (χ1) is 11.5. The van der Waals surface area contributed by atoms with E-state index in [0.29, 0.717) is 39.1 Å². The Kier molecular flexibility index (Phi) is 11.5. The van der Waals surface area contributed by atoms with E-state index in [2.05, 4.69) is 17.1 Å². The molecule has 26 heavy (non-hydrogen) atoms. The number of carbonyl (C=O) groups excluding carboxylic acids is 2. The average molecular weight is 405 g/mol. The van der Waals surface area contributed by atoms with E-state index in [1.165, 1.54) is 0 Å².